The SMILES string of the molecule is CC1(C)C[C@H](CCCNc2cccc(SNC(=O)c3ccc(-n4ccc(OCCC5CCC56CC6)n4)nc3Cl)n2)CN1. The maximum Gasteiger partial charge on any atom is 0.264 e. The monoisotopic (exact) mass is 609 g/mol. The quantitative estimate of drug-likeness (QED) is 0.118. The highest BCUT2D eigenvalue weighted by Crippen LogP contribution is 2.65. The van der Waals surface area contributed by atoms with E-state index in [1.54, 1.807) is 23.0 Å². The van der Waals surface area contributed by atoms with Crippen LogP contribution in [0.1, 0.15) is 75.6 Å². The number of carbonyl (C=O) groups is 1. The van der Waals surface area contributed by atoms with Crippen molar-refractivity contribution >= 4 is 35.3 Å². The summed E-state index contributed by atoms with van der Waals surface area (Å²) in [5, 5.41) is 12.3. The maximum absolute atomic E-state index is 12.9. The molecule has 1 amide bonds. The first-order valence-electron chi connectivity index (χ1n) is 15.1. The molecule has 42 heavy (non-hydrogen) atoms. The molecule has 1 aliphatic heterocycles. The van der Waals surface area contributed by atoms with Crippen LogP contribution in [0, 0.1) is 17.3 Å². The number of nitrogens with zero attached hydrogens (tertiary/aromatic N) is 4. The minimum atomic E-state index is -0.341. The molecule has 9 nitrogen and oxygen atoms in total. The number of halogens is 1. The van der Waals surface area contributed by atoms with Crippen LogP contribution in [0.2, 0.25) is 5.15 Å². The van der Waals surface area contributed by atoms with Crippen molar-refractivity contribution in [3.8, 4) is 11.7 Å². The van der Waals surface area contributed by atoms with Crippen LogP contribution in [0.3, 0.4) is 0 Å². The number of nitrogens with one attached hydrogen (secondary N) is 3. The molecule has 2 aliphatic carbocycles. The van der Waals surface area contributed by atoms with E-state index in [2.05, 4.69) is 44.3 Å². The first-order chi connectivity index (χ1) is 20.3. The van der Waals surface area contributed by atoms with E-state index in [0.717, 1.165) is 55.5 Å². The van der Waals surface area contributed by atoms with E-state index in [1.165, 1.54) is 38.5 Å². The van der Waals surface area contributed by atoms with Crippen LogP contribution >= 0.6 is 23.5 Å². The van der Waals surface area contributed by atoms with Gasteiger partial charge in [0.25, 0.3) is 5.91 Å². The summed E-state index contributed by atoms with van der Waals surface area (Å²) in [6, 6.07) is 10.9. The lowest BCUT2D eigenvalue weighted by molar-refractivity contribution is 0.0984. The number of pyridine rings is 2. The standard InChI is InChI=1S/C31H40ClN7O2S/c1-30(2)19-21(20-34-30)5-4-16-33-24-6-3-7-27(35-24)42-38-29(40)23-8-9-25(36-28(23)32)39-17-11-26(37-39)41-18-12-22-10-13-31(22)14-15-31/h3,6-9,11,17,21-22,34H,4-5,10,12-16,18-20H2,1-2H3,(H,33,35)(H,38,40)/t21-,22?/m0/s1. The van der Waals surface area contributed by atoms with Gasteiger partial charge in [0.1, 0.15) is 16.0 Å². The second kappa shape index (κ2) is 12.4. The smallest absolute Gasteiger partial charge is 0.264 e. The Hall–Kier alpha value is -2.82. The zero-order chi connectivity index (χ0) is 29.2. The topological polar surface area (TPSA) is 106 Å². The van der Waals surface area contributed by atoms with Gasteiger partial charge in [0, 0.05) is 36.3 Å². The molecule has 3 fully saturated rings. The number of hydrogen-bond donors (Lipinski definition) is 3. The van der Waals surface area contributed by atoms with Gasteiger partial charge in [0.05, 0.1) is 12.2 Å². The predicted octanol–water partition coefficient (Wildman–Crippen LogP) is 6.29. The molecule has 3 aromatic rings. The van der Waals surface area contributed by atoms with E-state index in [0.29, 0.717) is 28.7 Å². The number of amides is 1. The Morgan fingerprint density at radius 3 is 2.79 bits per heavy atom. The van der Waals surface area contributed by atoms with Gasteiger partial charge in [-0.3, -0.25) is 9.52 Å². The van der Waals surface area contributed by atoms with Gasteiger partial charge in [-0.05, 0) is 113 Å². The average molecular weight is 610 g/mol. The average Bonchev–Trinajstić information content (AvgIpc) is 3.56. The fraction of sp³-hybridized carbons (Fsp3) is 0.548. The van der Waals surface area contributed by atoms with Crippen molar-refractivity contribution in [2.75, 3.05) is 25.0 Å². The van der Waals surface area contributed by atoms with E-state index in [9.17, 15) is 4.79 Å². The van der Waals surface area contributed by atoms with Crippen LogP contribution in [-0.4, -0.2) is 50.9 Å². The van der Waals surface area contributed by atoms with Crippen LogP contribution in [0.15, 0.2) is 47.6 Å². The van der Waals surface area contributed by atoms with E-state index < -0.39 is 0 Å². The first kappa shape index (κ1) is 29.3. The van der Waals surface area contributed by atoms with Crippen LogP contribution < -0.4 is 20.1 Å². The van der Waals surface area contributed by atoms with Crippen molar-refractivity contribution in [3.63, 3.8) is 0 Å². The zero-order valence-electron chi connectivity index (χ0n) is 24.4. The molecular formula is C31H40ClN7O2S. The van der Waals surface area contributed by atoms with Crippen LogP contribution in [0.4, 0.5) is 5.82 Å². The lowest BCUT2D eigenvalue weighted by Gasteiger charge is -2.37. The Balaban J connectivity index is 0.949. The van der Waals surface area contributed by atoms with Crippen molar-refractivity contribution in [1.82, 2.24) is 29.8 Å². The van der Waals surface area contributed by atoms with Gasteiger partial charge < -0.3 is 15.4 Å². The van der Waals surface area contributed by atoms with Crippen molar-refractivity contribution in [2.45, 2.75) is 75.8 Å². The van der Waals surface area contributed by atoms with E-state index in [-0.39, 0.29) is 22.2 Å². The van der Waals surface area contributed by atoms with Crippen molar-refractivity contribution in [2.24, 2.45) is 17.3 Å². The number of aromatic nitrogens is 4. The summed E-state index contributed by atoms with van der Waals surface area (Å²) in [5.74, 6) is 3.08. The molecule has 6 rings (SSSR count). The minimum Gasteiger partial charge on any atom is -0.477 e. The van der Waals surface area contributed by atoms with Crippen molar-refractivity contribution in [1.29, 1.82) is 0 Å². The third-order valence-corrected chi connectivity index (χ3v) is 10.1. The van der Waals surface area contributed by atoms with Gasteiger partial charge in [-0.15, -0.1) is 5.10 Å². The highest BCUT2D eigenvalue weighted by molar-refractivity contribution is 7.97. The number of anilines is 1. The number of hydrogen-bond acceptors (Lipinski definition) is 8. The van der Waals surface area contributed by atoms with Gasteiger partial charge in [-0.2, -0.15) is 0 Å². The van der Waals surface area contributed by atoms with Crippen LogP contribution in [0.5, 0.6) is 5.88 Å². The lowest BCUT2D eigenvalue weighted by atomic mass is 9.69. The minimum absolute atomic E-state index is 0.104. The van der Waals surface area contributed by atoms with E-state index in [1.807, 2.05) is 24.3 Å². The molecule has 0 radical (unpaired) electrons. The largest absolute Gasteiger partial charge is 0.477 e. The first-order valence-corrected chi connectivity index (χ1v) is 16.3. The van der Waals surface area contributed by atoms with Gasteiger partial charge in [-0.1, -0.05) is 17.7 Å². The lowest BCUT2D eigenvalue weighted by Crippen LogP contribution is -2.31. The second-order valence-electron chi connectivity index (χ2n) is 12.6. The number of ether oxygens (including phenoxy) is 1. The molecule has 1 saturated heterocycles. The summed E-state index contributed by atoms with van der Waals surface area (Å²) in [4.78, 5) is 21.9. The Bertz CT molecular complexity index is 1410. The summed E-state index contributed by atoms with van der Waals surface area (Å²) in [6.45, 7) is 7.17. The van der Waals surface area contributed by atoms with Gasteiger partial charge >= 0.3 is 0 Å². The third kappa shape index (κ3) is 7.03. The molecule has 11 heteroatoms. The fourth-order valence-corrected chi connectivity index (χ4v) is 7.22. The Labute approximate surface area is 257 Å². The fourth-order valence-electron chi connectivity index (χ4n) is 6.39. The third-order valence-electron chi connectivity index (χ3n) is 9.08. The predicted molar refractivity (Wildman–Crippen MR) is 166 cm³/mol. The molecule has 4 heterocycles. The molecule has 224 valence electrons. The molecule has 3 aromatic heterocycles. The van der Waals surface area contributed by atoms with Crippen LogP contribution in [-0.2, 0) is 0 Å². The summed E-state index contributed by atoms with van der Waals surface area (Å²) in [6.07, 6.45) is 11.9. The van der Waals surface area contributed by atoms with Gasteiger partial charge in [0.15, 0.2) is 5.82 Å². The molecular weight excluding hydrogens is 570 g/mol. The normalized spacial score (nSPS) is 21.6. The number of rotatable bonds is 13. The van der Waals surface area contributed by atoms with Crippen molar-refractivity contribution in [3.05, 3.63) is 53.3 Å². The van der Waals surface area contributed by atoms with E-state index >= 15 is 0 Å². The number of carbonyl (C=O) groups excluding carboxylic acids is 1. The molecule has 3 aliphatic rings. The maximum atomic E-state index is 12.9. The molecule has 1 unspecified atom stereocenters. The van der Waals surface area contributed by atoms with Crippen LogP contribution in [0.25, 0.3) is 5.82 Å². The van der Waals surface area contributed by atoms with Crippen molar-refractivity contribution < 1.29 is 9.53 Å². The zero-order valence-corrected chi connectivity index (χ0v) is 25.9. The summed E-state index contributed by atoms with van der Waals surface area (Å²) in [7, 11) is 0. The summed E-state index contributed by atoms with van der Waals surface area (Å²) < 4.78 is 10.3. The highest BCUT2D eigenvalue weighted by Gasteiger charge is 2.54. The molecule has 0 bridgehead atoms. The summed E-state index contributed by atoms with van der Waals surface area (Å²) in [5.41, 5.74) is 1.20. The van der Waals surface area contributed by atoms with Gasteiger partial charge in [-0.25, -0.2) is 14.6 Å². The Morgan fingerprint density at radius 1 is 1.17 bits per heavy atom. The summed E-state index contributed by atoms with van der Waals surface area (Å²) >= 11 is 7.56. The van der Waals surface area contributed by atoms with Gasteiger partial charge in [0.2, 0.25) is 5.88 Å². The highest BCUT2D eigenvalue weighted by atomic mass is 35.5. The van der Waals surface area contributed by atoms with E-state index in [4.69, 9.17) is 16.3 Å². The Morgan fingerprint density at radius 2 is 2.05 bits per heavy atom. The second-order valence-corrected chi connectivity index (χ2v) is 13.8. The molecule has 0 aromatic carbocycles. The molecule has 2 atom stereocenters. The Kier molecular flexibility index (Phi) is 8.65. The molecule has 3 N–H and O–H groups in total. The molecule has 2 saturated carbocycles. The molecule has 1 spiro atoms.